The second kappa shape index (κ2) is 3.56. The van der Waals surface area contributed by atoms with Gasteiger partial charge in [0.2, 0.25) is 0 Å². The molecule has 16 heavy (non-hydrogen) atoms. The third kappa shape index (κ3) is 2.22. The van der Waals surface area contributed by atoms with Gasteiger partial charge in [-0.25, -0.2) is 8.78 Å². The number of alkyl halides is 5. The molecule has 1 heterocycles. The first-order valence-corrected chi connectivity index (χ1v) is 4.02. The maximum absolute atomic E-state index is 12.9. The van der Waals surface area contributed by atoms with E-state index in [4.69, 9.17) is 5.11 Å². The molecular formula is C7H6F5NO3. The first-order chi connectivity index (χ1) is 7.05. The molecule has 1 fully saturated rings. The molecule has 0 aromatic heterocycles. The van der Waals surface area contributed by atoms with E-state index in [0.29, 0.717) is 0 Å². The molecule has 1 aliphatic heterocycles. The third-order valence-electron chi connectivity index (χ3n) is 2.14. The van der Waals surface area contributed by atoms with Gasteiger partial charge in [0.15, 0.2) is 0 Å². The molecule has 1 saturated heterocycles. The summed E-state index contributed by atoms with van der Waals surface area (Å²) in [6.45, 7) is -2.66. The van der Waals surface area contributed by atoms with E-state index in [9.17, 15) is 31.5 Å². The minimum atomic E-state index is -5.27. The smallest absolute Gasteiger partial charge is 0.471 e. The van der Waals surface area contributed by atoms with E-state index in [-0.39, 0.29) is 4.90 Å². The minimum Gasteiger partial charge on any atom is -0.481 e. The lowest BCUT2D eigenvalue weighted by atomic mass is 10.1. The Morgan fingerprint density at radius 1 is 1.31 bits per heavy atom. The van der Waals surface area contributed by atoms with Crippen LogP contribution in [0.1, 0.15) is 0 Å². The van der Waals surface area contributed by atoms with Crippen molar-refractivity contribution in [1.82, 2.24) is 4.90 Å². The van der Waals surface area contributed by atoms with Crippen LogP contribution in [-0.2, 0) is 9.59 Å². The van der Waals surface area contributed by atoms with Crippen LogP contribution < -0.4 is 0 Å². The summed E-state index contributed by atoms with van der Waals surface area (Å²) in [4.78, 5) is 20.7. The van der Waals surface area contributed by atoms with Crippen LogP contribution in [0.15, 0.2) is 0 Å². The number of halogens is 5. The van der Waals surface area contributed by atoms with Gasteiger partial charge in [-0.1, -0.05) is 0 Å². The first kappa shape index (κ1) is 12.7. The van der Waals surface area contributed by atoms with Crippen molar-refractivity contribution in [2.45, 2.75) is 12.1 Å². The highest BCUT2D eigenvalue weighted by molar-refractivity contribution is 5.83. The topological polar surface area (TPSA) is 57.6 Å². The van der Waals surface area contributed by atoms with Crippen molar-refractivity contribution in [2.75, 3.05) is 13.1 Å². The Hall–Kier alpha value is -1.41. The fourth-order valence-electron chi connectivity index (χ4n) is 1.38. The number of likely N-dealkylation sites (tertiary alicyclic amines) is 1. The summed E-state index contributed by atoms with van der Waals surface area (Å²) >= 11 is 0. The summed E-state index contributed by atoms with van der Waals surface area (Å²) < 4.78 is 61.5. The summed E-state index contributed by atoms with van der Waals surface area (Å²) in [7, 11) is 0. The first-order valence-electron chi connectivity index (χ1n) is 4.02. The number of carbonyl (C=O) groups is 2. The average molecular weight is 247 g/mol. The fourth-order valence-corrected chi connectivity index (χ4v) is 1.38. The molecule has 1 rings (SSSR count). The maximum atomic E-state index is 12.9. The second-order valence-electron chi connectivity index (χ2n) is 3.34. The molecule has 4 nitrogen and oxygen atoms in total. The molecule has 0 aromatic rings. The maximum Gasteiger partial charge on any atom is 0.471 e. The van der Waals surface area contributed by atoms with Crippen LogP contribution >= 0.6 is 0 Å². The van der Waals surface area contributed by atoms with Crippen LogP contribution in [0.5, 0.6) is 0 Å². The average Bonchev–Trinajstić information content (AvgIpc) is 2.38. The van der Waals surface area contributed by atoms with Gasteiger partial charge in [0.25, 0.3) is 5.92 Å². The highest BCUT2D eigenvalue weighted by Crippen LogP contribution is 2.35. The summed E-state index contributed by atoms with van der Waals surface area (Å²) in [5.41, 5.74) is 0. The van der Waals surface area contributed by atoms with Gasteiger partial charge < -0.3 is 10.0 Å². The zero-order valence-corrected chi connectivity index (χ0v) is 7.59. The number of rotatable bonds is 1. The Kier molecular flexibility index (Phi) is 2.82. The van der Waals surface area contributed by atoms with E-state index in [1.165, 1.54) is 0 Å². The number of hydrogen-bond acceptors (Lipinski definition) is 2. The van der Waals surface area contributed by atoms with Crippen LogP contribution in [0.2, 0.25) is 0 Å². The molecule has 0 spiro atoms. The van der Waals surface area contributed by atoms with Crippen LogP contribution in [0.4, 0.5) is 22.0 Å². The summed E-state index contributed by atoms with van der Waals surface area (Å²) in [5.74, 6) is -10.5. The zero-order valence-electron chi connectivity index (χ0n) is 7.59. The molecule has 1 unspecified atom stereocenters. The molecule has 0 radical (unpaired) electrons. The normalized spacial score (nSPS) is 24.6. The molecule has 1 N–H and O–H groups in total. The third-order valence-corrected chi connectivity index (χ3v) is 2.14. The molecule has 1 atom stereocenters. The Balaban J connectivity index is 2.85. The van der Waals surface area contributed by atoms with Gasteiger partial charge in [0, 0.05) is 6.54 Å². The van der Waals surface area contributed by atoms with E-state index >= 15 is 0 Å². The van der Waals surface area contributed by atoms with Crippen molar-refractivity contribution in [2.24, 2.45) is 5.92 Å². The molecule has 1 amide bonds. The Labute approximate surface area is 85.6 Å². The van der Waals surface area contributed by atoms with Gasteiger partial charge in [-0.05, 0) is 0 Å². The lowest BCUT2D eigenvalue weighted by Gasteiger charge is -2.16. The highest BCUT2D eigenvalue weighted by Gasteiger charge is 2.57. The fraction of sp³-hybridized carbons (Fsp3) is 0.714. The van der Waals surface area contributed by atoms with Gasteiger partial charge in [-0.3, -0.25) is 9.59 Å². The predicted octanol–water partition coefficient (Wildman–Crippen LogP) is 0.727. The van der Waals surface area contributed by atoms with E-state index < -0.39 is 43.0 Å². The molecule has 92 valence electrons. The zero-order chi connectivity index (χ0) is 12.7. The predicted molar refractivity (Wildman–Crippen MR) is 38.7 cm³/mol. The molecule has 0 saturated carbocycles. The molecular weight excluding hydrogens is 241 g/mol. The summed E-state index contributed by atoms with van der Waals surface area (Å²) in [6.07, 6.45) is -5.27. The van der Waals surface area contributed by atoms with Crippen LogP contribution in [-0.4, -0.2) is 47.1 Å². The van der Waals surface area contributed by atoms with Crippen molar-refractivity contribution < 1.29 is 36.6 Å². The van der Waals surface area contributed by atoms with Crippen LogP contribution in [0.3, 0.4) is 0 Å². The SMILES string of the molecule is O=C(O)C1CN(C(=O)C(F)(F)F)CC1(F)F. The van der Waals surface area contributed by atoms with Crippen molar-refractivity contribution >= 4 is 11.9 Å². The number of carbonyl (C=O) groups excluding carboxylic acids is 1. The van der Waals surface area contributed by atoms with Gasteiger partial charge in [-0.15, -0.1) is 0 Å². The Morgan fingerprint density at radius 2 is 1.81 bits per heavy atom. The van der Waals surface area contributed by atoms with Gasteiger partial charge in [0.05, 0.1) is 6.54 Å². The molecule has 1 aliphatic rings. The minimum absolute atomic E-state index is 0.196. The largest absolute Gasteiger partial charge is 0.481 e. The van der Waals surface area contributed by atoms with Crippen molar-refractivity contribution in [3.05, 3.63) is 0 Å². The lowest BCUT2D eigenvalue weighted by Crippen LogP contribution is -2.40. The van der Waals surface area contributed by atoms with Crippen molar-refractivity contribution in [3.8, 4) is 0 Å². The van der Waals surface area contributed by atoms with E-state index in [1.807, 2.05) is 0 Å². The number of hydrogen-bond donors (Lipinski definition) is 1. The van der Waals surface area contributed by atoms with Crippen LogP contribution in [0.25, 0.3) is 0 Å². The quantitative estimate of drug-likeness (QED) is 0.695. The molecule has 9 heteroatoms. The Morgan fingerprint density at radius 3 is 2.12 bits per heavy atom. The molecule has 0 aliphatic carbocycles. The molecule has 0 bridgehead atoms. The van der Waals surface area contributed by atoms with Crippen molar-refractivity contribution in [1.29, 1.82) is 0 Å². The van der Waals surface area contributed by atoms with Gasteiger partial charge in [0.1, 0.15) is 5.92 Å². The number of amides is 1. The number of carboxylic acid groups (broad SMARTS) is 1. The van der Waals surface area contributed by atoms with Gasteiger partial charge >= 0.3 is 18.1 Å². The van der Waals surface area contributed by atoms with Crippen LogP contribution in [0, 0.1) is 5.92 Å². The summed E-state index contributed by atoms with van der Waals surface area (Å²) in [5, 5.41) is 8.35. The van der Waals surface area contributed by atoms with E-state index in [2.05, 4.69) is 0 Å². The van der Waals surface area contributed by atoms with E-state index in [0.717, 1.165) is 0 Å². The van der Waals surface area contributed by atoms with Crippen molar-refractivity contribution in [3.63, 3.8) is 0 Å². The number of carboxylic acids is 1. The monoisotopic (exact) mass is 247 g/mol. The number of aliphatic carboxylic acids is 1. The van der Waals surface area contributed by atoms with E-state index in [1.54, 1.807) is 0 Å². The molecule has 0 aromatic carbocycles. The summed E-state index contributed by atoms with van der Waals surface area (Å²) in [6, 6.07) is 0. The standard InChI is InChI=1S/C7H6F5NO3/c8-6(9)2-13(1-3(6)4(14)15)5(16)7(10,11)12/h3H,1-2H2,(H,14,15). The lowest BCUT2D eigenvalue weighted by molar-refractivity contribution is -0.185. The second-order valence-corrected chi connectivity index (χ2v) is 3.34. The number of nitrogens with zero attached hydrogens (tertiary/aromatic N) is 1. The Bertz CT molecular complexity index is 326. The van der Waals surface area contributed by atoms with Gasteiger partial charge in [-0.2, -0.15) is 13.2 Å². The highest BCUT2D eigenvalue weighted by atomic mass is 19.4.